The standard InChI is InChI=1S/C12H17Cl2NO2/c1-15(2)10-8-6-4-3-5-7-9(8)17-11(16)12(10,13)14/h10H,3-7H2,1-2H3. The molecule has 0 spiro atoms. The lowest BCUT2D eigenvalue weighted by Gasteiger charge is -2.39. The van der Waals surface area contributed by atoms with Gasteiger partial charge in [0.1, 0.15) is 5.76 Å². The molecule has 0 N–H and O–H groups in total. The average Bonchev–Trinajstić information content (AvgIpc) is 2.43. The highest BCUT2D eigenvalue weighted by molar-refractivity contribution is 6.58. The molecule has 0 saturated heterocycles. The highest BCUT2D eigenvalue weighted by Crippen LogP contribution is 2.43. The molecular weight excluding hydrogens is 261 g/mol. The summed E-state index contributed by atoms with van der Waals surface area (Å²) < 4.78 is 3.82. The molecule has 0 aromatic carbocycles. The van der Waals surface area contributed by atoms with Crippen LogP contribution in [-0.2, 0) is 9.53 Å². The lowest BCUT2D eigenvalue weighted by atomic mass is 9.94. The summed E-state index contributed by atoms with van der Waals surface area (Å²) in [6, 6.07) is -0.278. The van der Waals surface area contributed by atoms with Crippen LogP contribution < -0.4 is 0 Å². The van der Waals surface area contributed by atoms with E-state index in [9.17, 15) is 4.79 Å². The Hall–Kier alpha value is -0.250. The van der Waals surface area contributed by atoms with E-state index in [0.29, 0.717) is 0 Å². The van der Waals surface area contributed by atoms with Crippen LogP contribution in [0.4, 0.5) is 0 Å². The second-order valence-electron chi connectivity index (χ2n) is 4.89. The fraction of sp³-hybridized carbons (Fsp3) is 0.750. The van der Waals surface area contributed by atoms with Gasteiger partial charge in [0.25, 0.3) is 0 Å². The molecule has 3 nitrogen and oxygen atoms in total. The van der Waals surface area contributed by atoms with Crippen molar-refractivity contribution in [1.29, 1.82) is 0 Å². The smallest absolute Gasteiger partial charge is 0.349 e. The van der Waals surface area contributed by atoms with Crippen molar-refractivity contribution in [3.63, 3.8) is 0 Å². The molecule has 96 valence electrons. The number of rotatable bonds is 1. The molecule has 0 aromatic heterocycles. The van der Waals surface area contributed by atoms with Gasteiger partial charge in [-0.1, -0.05) is 29.6 Å². The maximum absolute atomic E-state index is 11.9. The number of nitrogens with zero attached hydrogens (tertiary/aromatic N) is 1. The molecule has 1 aliphatic heterocycles. The molecule has 17 heavy (non-hydrogen) atoms. The van der Waals surface area contributed by atoms with Crippen LogP contribution in [0.5, 0.6) is 0 Å². The van der Waals surface area contributed by atoms with Gasteiger partial charge in [-0.25, -0.2) is 4.79 Å². The molecule has 0 saturated carbocycles. The van der Waals surface area contributed by atoms with E-state index in [0.717, 1.165) is 43.4 Å². The second kappa shape index (κ2) is 4.79. The minimum absolute atomic E-state index is 0.278. The maximum atomic E-state index is 11.9. The second-order valence-corrected chi connectivity index (χ2v) is 6.27. The van der Waals surface area contributed by atoms with Crippen molar-refractivity contribution in [2.45, 2.75) is 42.5 Å². The molecule has 0 amide bonds. The van der Waals surface area contributed by atoms with Crippen molar-refractivity contribution in [2.24, 2.45) is 0 Å². The first-order chi connectivity index (χ1) is 7.94. The summed E-state index contributed by atoms with van der Waals surface area (Å²) >= 11 is 12.3. The number of alkyl halides is 2. The van der Waals surface area contributed by atoms with E-state index in [1.165, 1.54) is 0 Å². The van der Waals surface area contributed by atoms with Gasteiger partial charge in [-0.2, -0.15) is 0 Å². The number of hydrogen-bond donors (Lipinski definition) is 0. The number of halogens is 2. The van der Waals surface area contributed by atoms with E-state index in [4.69, 9.17) is 27.9 Å². The van der Waals surface area contributed by atoms with Crippen LogP contribution in [0.3, 0.4) is 0 Å². The van der Waals surface area contributed by atoms with E-state index in [-0.39, 0.29) is 6.04 Å². The Labute approximate surface area is 112 Å². The number of allylic oxidation sites excluding steroid dienone is 1. The SMILES string of the molecule is CN(C)C1C2=C(CCCCC2)OC(=O)C1(Cl)Cl. The van der Waals surface area contributed by atoms with Gasteiger partial charge in [-0.05, 0) is 38.9 Å². The molecule has 0 bridgehead atoms. The van der Waals surface area contributed by atoms with Gasteiger partial charge in [-0.15, -0.1) is 0 Å². The molecule has 1 aliphatic carbocycles. The van der Waals surface area contributed by atoms with Crippen molar-refractivity contribution in [3.05, 3.63) is 11.3 Å². The van der Waals surface area contributed by atoms with Crippen molar-refractivity contribution >= 4 is 29.2 Å². The summed E-state index contributed by atoms with van der Waals surface area (Å²) in [6.45, 7) is 0. The van der Waals surface area contributed by atoms with Gasteiger partial charge in [0.2, 0.25) is 4.33 Å². The van der Waals surface area contributed by atoms with Gasteiger partial charge in [0.15, 0.2) is 0 Å². The first-order valence-electron chi connectivity index (χ1n) is 5.93. The number of carbonyl (C=O) groups is 1. The zero-order valence-electron chi connectivity index (χ0n) is 10.1. The molecule has 1 atom stereocenters. The Kier molecular flexibility index (Phi) is 3.71. The summed E-state index contributed by atoms with van der Waals surface area (Å²) in [4.78, 5) is 13.8. The van der Waals surface area contributed by atoms with Crippen molar-refractivity contribution in [3.8, 4) is 0 Å². The van der Waals surface area contributed by atoms with Gasteiger partial charge in [-0.3, -0.25) is 4.90 Å². The van der Waals surface area contributed by atoms with Crippen molar-refractivity contribution < 1.29 is 9.53 Å². The fourth-order valence-electron chi connectivity index (χ4n) is 2.63. The Balaban J connectivity index is 2.43. The van der Waals surface area contributed by atoms with Crippen LogP contribution in [0.25, 0.3) is 0 Å². The molecule has 1 unspecified atom stereocenters. The highest BCUT2D eigenvalue weighted by atomic mass is 35.5. The first-order valence-corrected chi connectivity index (χ1v) is 6.68. The molecule has 2 aliphatic rings. The molecule has 2 rings (SSSR count). The largest absolute Gasteiger partial charge is 0.429 e. The Bertz CT molecular complexity index is 364. The summed E-state index contributed by atoms with van der Waals surface area (Å²) in [6.07, 6.45) is 5.04. The minimum atomic E-state index is -1.49. The molecule has 1 heterocycles. The predicted molar refractivity (Wildman–Crippen MR) is 68.1 cm³/mol. The average molecular weight is 278 g/mol. The van der Waals surface area contributed by atoms with E-state index in [1.807, 2.05) is 19.0 Å². The summed E-state index contributed by atoms with van der Waals surface area (Å²) in [5.74, 6) is 0.253. The summed E-state index contributed by atoms with van der Waals surface area (Å²) in [7, 11) is 3.77. The molecule has 0 aromatic rings. The van der Waals surface area contributed by atoms with Crippen LogP contribution >= 0.6 is 23.2 Å². The van der Waals surface area contributed by atoms with Crippen molar-refractivity contribution in [1.82, 2.24) is 4.90 Å². The van der Waals surface area contributed by atoms with Gasteiger partial charge in [0, 0.05) is 6.42 Å². The van der Waals surface area contributed by atoms with Gasteiger partial charge >= 0.3 is 5.97 Å². The number of esters is 1. The molecule has 0 radical (unpaired) electrons. The van der Waals surface area contributed by atoms with Crippen LogP contribution in [0.15, 0.2) is 11.3 Å². The molecular formula is C12H17Cl2NO2. The normalized spacial score (nSPS) is 28.8. The van der Waals surface area contributed by atoms with Gasteiger partial charge in [0.05, 0.1) is 6.04 Å². The Morgan fingerprint density at radius 3 is 2.53 bits per heavy atom. The zero-order valence-corrected chi connectivity index (χ0v) is 11.6. The van der Waals surface area contributed by atoms with E-state index in [2.05, 4.69) is 0 Å². The zero-order chi connectivity index (χ0) is 12.6. The monoisotopic (exact) mass is 277 g/mol. The van der Waals surface area contributed by atoms with Crippen LogP contribution in [0.2, 0.25) is 0 Å². The molecule has 5 heteroatoms. The van der Waals surface area contributed by atoms with Crippen LogP contribution in [0.1, 0.15) is 32.1 Å². The van der Waals surface area contributed by atoms with E-state index < -0.39 is 10.3 Å². The topological polar surface area (TPSA) is 29.5 Å². The number of hydrogen-bond acceptors (Lipinski definition) is 3. The third kappa shape index (κ3) is 2.33. The number of likely N-dealkylation sites (N-methyl/N-ethyl adjacent to an activating group) is 1. The Morgan fingerprint density at radius 2 is 1.88 bits per heavy atom. The van der Waals surface area contributed by atoms with Crippen LogP contribution in [0, 0.1) is 0 Å². The van der Waals surface area contributed by atoms with Crippen LogP contribution in [-0.4, -0.2) is 35.3 Å². The number of ether oxygens (including phenoxy) is 1. The predicted octanol–water partition coefficient (Wildman–Crippen LogP) is 2.87. The minimum Gasteiger partial charge on any atom is -0.429 e. The van der Waals surface area contributed by atoms with Gasteiger partial charge < -0.3 is 4.74 Å². The highest BCUT2D eigenvalue weighted by Gasteiger charge is 2.51. The summed E-state index contributed by atoms with van der Waals surface area (Å²) in [5.41, 5.74) is 1.09. The quantitative estimate of drug-likeness (QED) is 0.545. The third-order valence-corrected chi connectivity index (χ3v) is 4.11. The number of carbonyl (C=O) groups excluding carboxylic acids is 1. The Morgan fingerprint density at radius 1 is 1.24 bits per heavy atom. The van der Waals surface area contributed by atoms with E-state index >= 15 is 0 Å². The van der Waals surface area contributed by atoms with Crippen molar-refractivity contribution in [2.75, 3.05) is 14.1 Å². The summed E-state index contributed by atoms with van der Waals surface area (Å²) in [5, 5.41) is 0. The first kappa shape index (κ1) is 13.2. The third-order valence-electron chi connectivity index (χ3n) is 3.39. The fourth-order valence-corrected chi connectivity index (χ4v) is 3.36. The van der Waals surface area contributed by atoms with E-state index in [1.54, 1.807) is 0 Å². The molecule has 0 fully saturated rings. The lowest BCUT2D eigenvalue weighted by Crippen LogP contribution is -2.52. The lowest BCUT2D eigenvalue weighted by molar-refractivity contribution is -0.143. The maximum Gasteiger partial charge on any atom is 0.349 e.